The van der Waals surface area contributed by atoms with Crippen LogP contribution in [-0.2, 0) is 21.2 Å². The van der Waals surface area contributed by atoms with E-state index in [1.807, 2.05) is 45.9 Å². The molecule has 1 unspecified atom stereocenters. The van der Waals surface area contributed by atoms with Gasteiger partial charge in [0.2, 0.25) is 15.9 Å². The van der Waals surface area contributed by atoms with E-state index in [9.17, 15) is 18.0 Å². The molecule has 0 radical (unpaired) electrons. The van der Waals surface area contributed by atoms with Gasteiger partial charge in [0.15, 0.2) is 0 Å². The molecule has 194 valence electrons. The maximum atomic E-state index is 13.7. The Bertz CT molecular complexity index is 1190. The van der Waals surface area contributed by atoms with E-state index in [0.29, 0.717) is 18.5 Å². The van der Waals surface area contributed by atoms with Crippen molar-refractivity contribution in [3.8, 4) is 0 Å². The molecule has 2 amide bonds. The zero-order valence-electron chi connectivity index (χ0n) is 21.6. The second-order valence-electron chi connectivity index (χ2n) is 10.4. The molecule has 8 heteroatoms. The zero-order valence-corrected chi connectivity index (χ0v) is 22.4. The average Bonchev–Trinajstić information content (AvgIpc) is 3.02. The summed E-state index contributed by atoms with van der Waals surface area (Å²) >= 11 is 0. The first-order chi connectivity index (χ1) is 16.9. The molecule has 1 fully saturated rings. The third kappa shape index (κ3) is 6.05. The number of hydrogen-bond acceptors (Lipinski definition) is 4. The first-order valence-corrected chi connectivity index (χ1v) is 13.7. The first-order valence-electron chi connectivity index (χ1n) is 12.3. The Morgan fingerprint density at radius 3 is 2.28 bits per heavy atom. The number of hydrogen-bond donors (Lipinski definition) is 2. The van der Waals surface area contributed by atoms with E-state index < -0.39 is 21.1 Å². The summed E-state index contributed by atoms with van der Waals surface area (Å²) in [5, 5.41) is 5.78. The molecule has 2 N–H and O–H groups in total. The van der Waals surface area contributed by atoms with Crippen molar-refractivity contribution in [3.05, 3.63) is 78.4 Å². The van der Waals surface area contributed by atoms with E-state index in [2.05, 4.69) is 29.3 Å². The molecule has 0 saturated carbocycles. The minimum absolute atomic E-state index is 0.110. The molecule has 1 atom stereocenters. The number of benzene rings is 2. The molecule has 0 aromatic heterocycles. The summed E-state index contributed by atoms with van der Waals surface area (Å²) in [6.45, 7) is 11.4. The molecule has 2 aromatic carbocycles. The Hall–Kier alpha value is -2.97. The summed E-state index contributed by atoms with van der Waals surface area (Å²) in [6.07, 6.45) is 4.44. The highest BCUT2D eigenvalue weighted by Gasteiger charge is 2.57. The van der Waals surface area contributed by atoms with E-state index in [0.717, 1.165) is 19.3 Å². The van der Waals surface area contributed by atoms with Crippen molar-refractivity contribution in [2.75, 3.05) is 6.54 Å². The van der Waals surface area contributed by atoms with Gasteiger partial charge in [0, 0.05) is 23.7 Å². The van der Waals surface area contributed by atoms with E-state index in [1.165, 1.54) is 28.1 Å². The van der Waals surface area contributed by atoms with Crippen LogP contribution < -0.4 is 10.6 Å². The van der Waals surface area contributed by atoms with Gasteiger partial charge in [-0.2, -0.15) is 4.31 Å². The second kappa shape index (κ2) is 11.0. The summed E-state index contributed by atoms with van der Waals surface area (Å²) in [5.41, 5.74) is 0.0982. The van der Waals surface area contributed by atoms with E-state index in [1.54, 1.807) is 12.1 Å². The van der Waals surface area contributed by atoms with Crippen LogP contribution in [0.2, 0.25) is 0 Å². The van der Waals surface area contributed by atoms with Crippen LogP contribution in [0.25, 0.3) is 0 Å². The fourth-order valence-electron chi connectivity index (χ4n) is 5.13. The Morgan fingerprint density at radius 2 is 1.67 bits per heavy atom. The third-order valence-corrected chi connectivity index (χ3v) is 9.12. The molecule has 36 heavy (non-hydrogen) atoms. The molecular weight excluding hydrogens is 474 g/mol. The normalized spacial score (nSPS) is 18.9. The van der Waals surface area contributed by atoms with Crippen LogP contribution in [0.15, 0.2) is 72.1 Å². The highest BCUT2D eigenvalue weighted by molar-refractivity contribution is 7.89. The number of nitrogens with one attached hydrogen (secondary N) is 2. The zero-order chi connectivity index (χ0) is 26.6. The van der Waals surface area contributed by atoms with Gasteiger partial charge in [-0.1, -0.05) is 36.9 Å². The lowest BCUT2D eigenvalue weighted by molar-refractivity contribution is -0.117. The Balaban J connectivity index is 1.64. The van der Waals surface area contributed by atoms with Crippen molar-refractivity contribution < 1.29 is 18.0 Å². The van der Waals surface area contributed by atoms with E-state index >= 15 is 0 Å². The fourth-order valence-corrected chi connectivity index (χ4v) is 7.30. The quantitative estimate of drug-likeness (QED) is 0.371. The largest absolute Gasteiger partial charge is 0.352 e. The van der Waals surface area contributed by atoms with Gasteiger partial charge in [-0.05, 0) is 89.3 Å². The van der Waals surface area contributed by atoms with Crippen molar-refractivity contribution in [3.63, 3.8) is 0 Å². The molecule has 1 aliphatic heterocycles. The number of sulfonamides is 1. The molecule has 1 heterocycles. The van der Waals surface area contributed by atoms with E-state index in [-0.39, 0.29) is 22.8 Å². The van der Waals surface area contributed by atoms with Gasteiger partial charge in [0.1, 0.15) is 0 Å². The molecule has 0 spiro atoms. The minimum Gasteiger partial charge on any atom is -0.352 e. The van der Waals surface area contributed by atoms with Crippen molar-refractivity contribution in [2.45, 2.75) is 75.4 Å². The molecule has 3 rings (SSSR count). The van der Waals surface area contributed by atoms with Crippen molar-refractivity contribution in [1.29, 1.82) is 0 Å². The minimum atomic E-state index is -3.90. The standard InChI is InChI=1S/C28H37N3O4S/c1-6-25(32)30-24-20-27(2,3)31(28(24,4)5)36(34,35)23-17-15-22(16-18-23)26(33)29-19-11-10-14-21-12-8-7-9-13-21/h6-9,12-13,15-18,24H,1,10-11,14,19-20H2,2-5H3,(H,29,33)(H,30,32). The summed E-state index contributed by atoms with van der Waals surface area (Å²) in [7, 11) is -3.90. The summed E-state index contributed by atoms with van der Waals surface area (Å²) in [5.74, 6) is -0.564. The molecule has 1 aliphatic rings. The van der Waals surface area contributed by atoms with Gasteiger partial charge < -0.3 is 10.6 Å². The van der Waals surface area contributed by atoms with Crippen LogP contribution in [0.3, 0.4) is 0 Å². The van der Waals surface area contributed by atoms with Crippen molar-refractivity contribution >= 4 is 21.8 Å². The number of rotatable bonds is 10. The van der Waals surface area contributed by atoms with Crippen LogP contribution >= 0.6 is 0 Å². The van der Waals surface area contributed by atoms with Crippen LogP contribution in [0.4, 0.5) is 0 Å². The second-order valence-corrected chi connectivity index (χ2v) is 12.2. The van der Waals surface area contributed by atoms with Gasteiger partial charge >= 0.3 is 0 Å². The van der Waals surface area contributed by atoms with Crippen LogP contribution in [-0.4, -0.2) is 48.2 Å². The number of aryl methyl sites for hydroxylation is 1. The van der Waals surface area contributed by atoms with Crippen molar-refractivity contribution in [2.24, 2.45) is 0 Å². The van der Waals surface area contributed by atoms with Crippen molar-refractivity contribution in [1.82, 2.24) is 14.9 Å². The highest BCUT2D eigenvalue weighted by atomic mass is 32.2. The summed E-state index contributed by atoms with van der Waals surface area (Å²) in [4.78, 5) is 24.6. The topological polar surface area (TPSA) is 95.6 Å². The number of amides is 2. The monoisotopic (exact) mass is 511 g/mol. The molecular formula is C28H37N3O4S. The maximum absolute atomic E-state index is 13.7. The number of nitrogens with zero attached hydrogens (tertiary/aromatic N) is 1. The van der Waals surface area contributed by atoms with Crippen LogP contribution in [0.5, 0.6) is 0 Å². The van der Waals surface area contributed by atoms with E-state index in [4.69, 9.17) is 0 Å². The van der Waals surface area contributed by atoms with Crippen LogP contribution in [0.1, 0.15) is 62.9 Å². The first kappa shape index (κ1) is 27.6. The van der Waals surface area contributed by atoms with Gasteiger partial charge in [-0.25, -0.2) is 8.42 Å². The molecule has 0 bridgehead atoms. The Morgan fingerprint density at radius 1 is 1.03 bits per heavy atom. The fraction of sp³-hybridized carbons (Fsp3) is 0.429. The Kier molecular flexibility index (Phi) is 8.41. The lowest BCUT2D eigenvalue weighted by Crippen LogP contribution is -2.56. The van der Waals surface area contributed by atoms with Gasteiger partial charge in [-0.3, -0.25) is 9.59 Å². The van der Waals surface area contributed by atoms with Gasteiger partial charge in [-0.15, -0.1) is 0 Å². The highest BCUT2D eigenvalue weighted by Crippen LogP contribution is 2.44. The lowest BCUT2D eigenvalue weighted by Gasteiger charge is -2.40. The molecule has 2 aromatic rings. The number of carbonyl (C=O) groups excluding carboxylic acids is 2. The Labute approximate surface area is 215 Å². The SMILES string of the molecule is C=CC(=O)NC1CC(C)(C)N(S(=O)(=O)c2ccc(C(=O)NCCCCc3ccccc3)cc2)C1(C)C. The average molecular weight is 512 g/mol. The van der Waals surface area contributed by atoms with Crippen LogP contribution in [0, 0.1) is 0 Å². The number of unbranched alkanes of at least 4 members (excludes halogenated alkanes) is 1. The lowest BCUT2D eigenvalue weighted by atomic mass is 9.94. The molecule has 1 saturated heterocycles. The predicted octanol–water partition coefficient (Wildman–Crippen LogP) is 4.06. The third-order valence-electron chi connectivity index (χ3n) is 6.81. The van der Waals surface area contributed by atoms with Gasteiger partial charge in [0.25, 0.3) is 5.91 Å². The smallest absolute Gasteiger partial charge is 0.251 e. The number of carbonyl (C=O) groups is 2. The molecule has 7 nitrogen and oxygen atoms in total. The summed E-state index contributed by atoms with van der Waals surface area (Å²) < 4.78 is 28.9. The summed E-state index contributed by atoms with van der Waals surface area (Å²) in [6, 6.07) is 15.9. The molecule has 0 aliphatic carbocycles. The maximum Gasteiger partial charge on any atom is 0.251 e. The van der Waals surface area contributed by atoms with Gasteiger partial charge in [0.05, 0.1) is 10.4 Å². The predicted molar refractivity (Wildman–Crippen MR) is 142 cm³/mol.